The van der Waals surface area contributed by atoms with Gasteiger partial charge in [0.1, 0.15) is 5.75 Å². The van der Waals surface area contributed by atoms with Crippen molar-refractivity contribution in [3.8, 4) is 5.75 Å². The van der Waals surface area contributed by atoms with Crippen LogP contribution in [0.3, 0.4) is 0 Å². The number of carbonyl (C=O) groups is 2. The molecular weight excluding hydrogens is 332 g/mol. The number of urea groups is 1. The summed E-state index contributed by atoms with van der Waals surface area (Å²) < 4.78 is 5.51. The van der Waals surface area contributed by atoms with Crippen LogP contribution in [0.15, 0.2) is 18.2 Å². The number of ether oxygens (including phenoxy) is 1. The summed E-state index contributed by atoms with van der Waals surface area (Å²) in [5.41, 5.74) is 2.03. The molecule has 1 spiro atoms. The van der Waals surface area contributed by atoms with Gasteiger partial charge in [0.2, 0.25) is 6.41 Å². The molecule has 0 aromatic heterocycles. The minimum Gasteiger partial charge on any atom is -0.508 e. The molecule has 3 amide bonds. The lowest BCUT2D eigenvalue weighted by atomic mass is 9.68. The van der Waals surface area contributed by atoms with E-state index in [0.29, 0.717) is 6.41 Å². The second kappa shape index (κ2) is 7.27. The van der Waals surface area contributed by atoms with Crippen molar-refractivity contribution in [1.29, 1.82) is 0 Å². The zero-order valence-electron chi connectivity index (χ0n) is 15.7. The third-order valence-electron chi connectivity index (χ3n) is 6.03. The third kappa shape index (κ3) is 3.30. The molecule has 0 heterocycles. The largest absolute Gasteiger partial charge is 0.508 e. The minimum atomic E-state index is -0.385. The van der Waals surface area contributed by atoms with E-state index in [1.807, 2.05) is 19.9 Å². The van der Waals surface area contributed by atoms with Crippen molar-refractivity contribution in [3.63, 3.8) is 0 Å². The fraction of sp³-hybridized carbons (Fsp3) is 0.600. The molecular formula is C20H28N2O4. The van der Waals surface area contributed by atoms with Gasteiger partial charge >= 0.3 is 6.03 Å². The zero-order valence-corrected chi connectivity index (χ0v) is 15.7. The molecule has 6 heteroatoms. The van der Waals surface area contributed by atoms with Crippen LogP contribution < -0.4 is 5.32 Å². The van der Waals surface area contributed by atoms with Gasteiger partial charge in [0.05, 0.1) is 12.1 Å². The summed E-state index contributed by atoms with van der Waals surface area (Å²) >= 11 is 0. The van der Waals surface area contributed by atoms with E-state index in [4.69, 9.17) is 4.74 Å². The van der Waals surface area contributed by atoms with Crippen molar-refractivity contribution in [3.05, 3.63) is 29.3 Å². The van der Waals surface area contributed by atoms with Gasteiger partial charge in [-0.3, -0.25) is 9.69 Å². The highest BCUT2D eigenvalue weighted by Crippen LogP contribution is 2.54. The smallest absolute Gasteiger partial charge is 0.324 e. The van der Waals surface area contributed by atoms with Crippen LogP contribution in [0.2, 0.25) is 0 Å². The van der Waals surface area contributed by atoms with Crippen LogP contribution in [-0.4, -0.2) is 41.7 Å². The molecule has 2 aliphatic rings. The second-order valence-corrected chi connectivity index (χ2v) is 7.85. The van der Waals surface area contributed by atoms with Crippen LogP contribution in [0.4, 0.5) is 4.79 Å². The first-order chi connectivity index (χ1) is 12.4. The Bertz CT molecular complexity index is 680. The van der Waals surface area contributed by atoms with Gasteiger partial charge in [-0.25, -0.2) is 4.79 Å². The third-order valence-corrected chi connectivity index (χ3v) is 6.03. The van der Waals surface area contributed by atoms with E-state index in [9.17, 15) is 14.7 Å². The Labute approximate surface area is 154 Å². The molecule has 1 saturated carbocycles. The number of phenolic OH excluding ortho intramolecular Hbond substituents is 1. The molecule has 6 nitrogen and oxygen atoms in total. The van der Waals surface area contributed by atoms with Crippen molar-refractivity contribution >= 4 is 12.4 Å². The summed E-state index contributed by atoms with van der Waals surface area (Å²) in [7, 11) is 1.74. The molecule has 2 N–H and O–H groups in total. The van der Waals surface area contributed by atoms with Crippen LogP contribution >= 0.6 is 0 Å². The van der Waals surface area contributed by atoms with Crippen LogP contribution in [0.1, 0.15) is 56.7 Å². The normalized spacial score (nSPS) is 27.4. The Kier molecular flexibility index (Phi) is 5.23. The first-order valence-corrected chi connectivity index (χ1v) is 9.29. The molecule has 1 fully saturated rings. The molecule has 142 valence electrons. The van der Waals surface area contributed by atoms with Gasteiger partial charge in [-0.05, 0) is 74.6 Å². The van der Waals surface area contributed by atoms with Crippen molar-refractivity contribution in [2.45, 2.75) is 64.1 Å². The molecule has 0 saturated heterocycles. The van der Waals surface area contributed by atoms with Crippen LogP contribution in [0.25, 0.3) is 0 Å². The molecule has 0 bridgehead atoms. The highest BCUT2D eigenvalue weighted by atomic mass is 16.5. The van der Waals surface area contributed by atoms with Gasteiger partial charge in [-0.2, -0.15) is 0 Å². The van der Waals surface area contributed by atoms with Gasteiger partial charge in [-0.15, -0.1) is 0 Å². The fourth-order valence-corrected chi connectivity index (χ4v) is 4.52. The number of hydrogen-bond acceptors (Lipinski definition) is 4. The van der Waals surface area contributed by atoms with Gasteiger partial charge in [-0.1, -0.05) is 6.07 Å². The standard InChI is InChI=1S/C20H28N2O4/c1-13(2)22(12-23)19(25)21-18-17-10-15(24)5-4-14(17)11-20(18)8-6-16(26-3)7-9-20/h4-5,10,12-13,16,18,24H,6-9,11H2,1-3H3,(H,21,25)/t16-,18?,20-. The van der Waals surface area contributed by atoms with Gasteiger partial charge < -0.3 is 15.2 Å². The number of carbonyl (C=O) groups excluding carboxylic acids is 2. The number of methoxy groups -OCH3 is 1. The number of nitrogens with zero attached hydrogens (tertiary/aromatic N) is 1. The molecule has 1 aromatic rings. The monoisotopic (exact) mass is 360 g/mol. The van der Waals surface area contributed by atoms with Gasteiger partial charge in [0.25, 0.3) is 0 Å². The molecule has 0 aliphatic heterocycles. The quantitative estimate of drug-likeness (QED) is 0.809. The number of imide groups is 1. The number of aromatic hydroxyl groups is 1. The number of phenols is 1. The first-order valence-electron chi connectivity index (χ1n) is 9.29. The van der Waals surface area contributed by atoms with E-state index in [0.717, 1.165) is 43.2 Å². The highest BCUT2D eigenvalue weighted by Gasteiger charge is 2.49. The maximum absolute atomic E-state index is 12.7. The SMILES string of the molecule is CO[C@H]1CC[C@]2(CC1)Cc1ccc(O)cc1C2NC(=O)N(C=O)C(C)C. The van der Waals surface area contributed by atoms with E-state index in [1.165, 1.54) is 4.90 Å². The number of hydrogen-bond donors (Lipinski definition) is 2. The number of nitrogens with one attached hydrogen (secondary N) is 1. The maximum atomic E-state index is 12.7. The number of fused-ring (bicyclic) bond motifs is 1. The predicted octanol–water partition coefficient (Wildman–Crippen LogP) is 3.14. The van der Waals surface area contributed by atoms with Gasteiger partial charge in [0.15, 0.2) is 0 Å². The van der Waals surface area contributed by atoms with Crippen LogP contribution in [-0.2, 0) is 16.0 Å². The Morgan fingerprint density at radius 3 is 2.65 bits per heavy atom. The molecule has 1 atom stereocenters. The van der Waals surface area contributed by atoms with Crippen molar-refractivity contribution < 1.29 is 19.4 Å². The van der Waals surface area contributed by atoms with E-state index >= 15 is 0 Å². The zero-order chi connectivity index (χ0) is 18.9. The Hall–Kier alpha value is -2.08. The number of rotatable bonds is 4. The lowest BCUT2D eigenvalue weighted by Gasteiger charge is -2.42. The molecule has 3 rings (SSSR count). The fourth-order valence-electron chi connectivity index (χ4n) is 4.52. The molecule has 1 unspecified atom stereocenters. The van der Waals surface area contributed by atoms with Crippen molar-refractivity contribution in [2.75, 3.05) is 7.11 Å². The molecule has 1 aromatic carbocycles. The van der Waals surface area contributed by atoms with E-state index in [1.54, 1.807) is 19.2 Å². The highest BCUT2D eigenvalue weighted by molar-refractivity contribution is 5.85. The summed E-state index contributed by atoms with van der Waals surface area (Å²) in [6, 6.07) is 4.58. The van der Waals surface area contributed by atoms with Crippen LogP contribution in [0.5, 0.6) is 5.75 Å². The van der Waals surface area contributed by atoms with Gasteiger partial charge in [0, 0.05) is 13.2 Å². The topological polar surface area (TPSA) is 78.9 Å². The van der Waals surface area contributed by atoms with E-state index in [2.05, 4.69) is 5.32 Å². The number of benzene rings is 1. The predicted molar refractivity (Wildman–Crippen MR) is 97.8 cm³/mol. The van der Waals surface area contributed by atoms with E-state index in [-0.39, 0.29) is 35.4 Å². The summed E-state index contributed by atoms with van der Waals surface area (Å²) in [5.74, 6) is 0.196. The summed E-state index contributed by atoms with van der Waals surface area (Å²) in [5, 5.41) is 13.1. The average molecular weight is 360 g/mol. The Morgan fingerprint density at radius 2 is 2.08 bits per heavy atom. The summed E-state index contributed by atoms with van der Waals surface area (Å²) in [6.45, 7) is 3.62. The first kappa shape index (κ1) is 18.7. The maximum Gasteiger partial charge on any atom is 0.324 e. The van der Waals surface area contributed by atoms with Crippen molar-refractivity contribution in [2.24, 2.45) is 5.41 Å². The summed E-state index contributed by atoms with van der Waals surface area (Å²) in [6.07, 6.45) is 5.48. The second-order valence-electron chi connectivity index (χ2n) is 7.85. The summed E-state index contributed by atoms with van der Waals surface area (Å²) in [4.78, 5) is 25.2. The lowest BCUT2D eigenvalue weighted by molar-refractivity contribution is -0.116. The molecule has 0 radical (unpaired) electrons. The molecule has 2 aliphatic carbocycles. The average Bonchev–Trinajstić information content (AvgIpc) is 2.89. The molecule has 26 heavy (non-hydrogen) atoms. The van der Waals surface area contributed by atoms with Crippen molar-refractivity contribution in [1.82, 2.24) is 10.2 Å². The Morgan fingerprint density at radius 1 is 1.38 bits per heavy atom. The lowest BCUT2D eigenvalue weighted by Crippen LogP contribution is -2.48. The van der Waals surface area contributed by atoms with E-state index < -0.39 is 0 Å². The minimum absolute atomic E-state index is 0.0909. The Balaban J connectivity index is 1.91. The number of amides is 3. The van der Waals surface area contributed by atoms with Crippen LogP contribution in [0, 0.1) is 5.41 Å².